The van der Waals surface area contributed by atoms with Gasteiger partial charge in [-0.1, -0.05) is 17.9 Å². The molecule has 106 valence electrons. The van der Waals surface area contributed by atoms with Gasteiger partial charge in [-0.15, -0.1) is 0 Å². The molecule has 0 radical (unpaired) electrons. The summed E-state index contributed by atoms with van der Waals surface area (Å²) in [6, 6.07) is 7.58. The van der Waals surface area contributed by atoms with E-state index >= 15 is 0 Å². The van der Waals surface area contributed by atoms with Crippen LogP contribution in [0.25, 0.3) is 0 Å². The van der Waals surface area contributed by atoms with E-state index in [1.165, 1.54) is 12.1 Å². The SMILES string of the molecule is Cc1cccnc1NC(=O)c1ccc(C#CCO)cc1F. The summed E-state index contributed by atoms with van der Waals surface area (Å²) >= 11 is 0. The van der Waals surface area contributed by atoms with E-state index in [2.05, 4.69) is 22.1 Å². The van der Waals surface area contributed by atoms with Gasteiger partial charge in [0.05, 0.1) is 5.56 Å². The monoisotopic (exact) mass is 284 g/mol. The zero-order chi connectivity index (χ0) is 15.2. The molecule has 0 aliphatic carbocycles. The van der Waals surface area contributed by atoms with Crippen molar-refractivity contribution in [3.05, 3.63) is 59.0 Å². The molecular weight excluding hydrogens is 271 g/mol. The molecule has 0 unspecified atom stereocenters. The number of carbonyl (C=O) groups is 1. The molecule has 0 aliphatic rings. The second-order valence-corrected chi connectivity index (χ2v) is 4.28. The number of halogens is 1. The highest BCUT2D eigenvalue weighted by Crippen LogP contribution is 2.14. The van der Waals surface area contributed by atoms with E-state index in [0.717, 1.165) is 11.6 Å². The van der Waals surface area contributed by atoms with Crippen LogP contribution in [0, 0.1) is 24.6 Å². The normalized spacial score (nSPS) is 9.67. The Bertz CT molecular complexity index is 733. The molecule has 0 bridgehead atoms. The standard InChI is InChI=1S/C16H13FN2O2/c1-11-4-2-8-18-15(11)19-16(21)13-7-6-12(5-3-9-20)10-14(13)17/h2,4,6-8,10,20H,9H2,1H3,(H,18,19,21). The number of nitrogens with zero attached hydrogens (tertiary/aromatic N) is 1. The van der Waals surface area contributed by atoms with Crippen molar-refractivity contribution in [1.82, 2.24) is 4.98 Å². The molecule has 2 rings (SSSR count). The van der Waals surface area contributed by atoms with E-state index in [9.17, 15) is 9.18 Å². The number of carbonyl (C=O) groups excluding carboxylic acids is 1. The van der Waals surface area contributed by atoms with Gasteiger partial charge in [-0.2, -0.15) is 0 Å². The molecule has 1 aromatic heterocycles. The number of aliphatic hydroxyl groups is 1. The highest BCUT2D eigenvalue weighted by molar-refractivity contribution is 6.04. The Balaban J connectivity index is 2.22. The van der Waals surface area contributed by atoms with Crippen LogP contribution in [0.4, 0.5) is 10.2 Å². The predicted molar refractivity (Wildman–Crippen MR) is 77.3 cm³/mol. The van der Waals surface area contributed by atoms with E-state index in [0.29, 0.717) is 11.4 Å². The maximum Gasteiger partial charge on any atom is 0.259 e. The average Bonchev–Trinajstić information content (AvgIpc) is 2.47. The molecule has 1 amide bonds. The first-order valence-electron chi connectivity index (χ1n) is 6.24. The molecule has 21 heavy (non-hydrogen) atoms. The van der Waals surface area contributed by atoms with Crippen LogP contribution in [0.15, 0.2) is 36.5 Å². The Kier molecular flexibility index (Phi) is 4.64. The Hall–Kier alpha value is -2.71. The number of aromatic nitrogens is 1. The summed E-state index contributed by atoms with van der Waals surface area (Å²) in [6.07, 6.45) is 1.55. The van der Waals surface area contributed by atoms with Crippen LogP contribution in [0.5, 0.6) is 0 Å². The number of hydrogen-bond donors (Lipinski definition) is 2. The highest BCUT2D eigenvalue weighted by Gasteiger charge is 2.13. The summed E-state index contributed by atoms with van der Waals surface area (Å²) < 4.78 is 13.9. The summed E-state index contributed by atoms with van der Waals surface area (Å²) in [4.78, 5) is 16.1. The van der Waals surface area contributed by atoms with Gasteiger partial charge in [0, 0.05) is 11.8 Å². The Morgan fingerprint density at radius 3 is 2.90 bits per heavy atom. The quantitative estimate of drug-likeness (QED) is 0.830. The van der Waals surface area contributed by atoms with E-state index in [1.54, 1.807) is 25.3 Å². The number of benzene rings is 1. The minimum Gasteiger partial charge on any atom is -0.384 e. The van der Waals surface area contributed by atoms with Crippen molar-refractivity contribution < 1.29 is 14.3 Å². The van der Waals surface area contributed by atoms with Crippen LogP contribution >= 0.6 is 0 Å². The number of nitrogens with one attached hydrogen (secondary N) is 1. The molecule has 0 fully saturated rings. The molecule has 1 heterocycles. The van der Waals surface area contributed by atoms with Gasteiger partial charge < -0.3 is 10.4 Å². The molecule has 0 atom stereocenters. The van der Waals surface area contributed by atoms with Gasteiger partial charge in [-0.3, -0.25) is 4.79 Å². The van der Waals surface area contributed by atoms with Crippen LogP contribution in [0.1, 0.15) is 21.5 Å². The number of hydrogen-bond acceptors (Lipinski definition) is 3. The van der Waals surface area contributed by atoms with Crippen molar-refractivity contribution in [2.45, 2.75) is 6.92 Å². The Morgan fingerprint density at radius 2 is 2.24 bits per heavy atom. The molecule has 0 saturated heterocycles. The average molecular weight is 284 g/mol. The number of amides is 1. The van der Waals surface area contributed by atoms with Gasteiger partial charge in [0.2, 0.25) is 0 Å². The first-order chi connectivity index (χ1) is 10.1. The van der Waals surface area contributed by atoms with Gasteiger partial charge in [-0.05, 0) is 36.8 Å². The molecule has 0 spiro atoms. The summed E-state index contributed by atoms with van der Waals surface area (Å²) in [6.45, 7) is 1.50. The van der Waals surface area contributed by atoms with Gasteiger partial charge in [0.15, 0.2) is 0 Å². The summed E-state index contributed by atoms with van der Waals surface area (Å²) in [5.41, 5.74) is 1.10. The molecule has 1 aromatic carbocycles. The lowest BCUT2D eigenvalue weighted by atomic mass is 10.1. The molecule has 2 N–H and O–H groups in total. The van der Waals surface area contributed by atoms with Crippen LogP contribution in [-0.4, -0.2) is 22.6 Å². The molecule has 4 nitrogen and oxygen atoms in total. The van der Waals surface area contributed by atoms with Crippen molar-refractivity contribution in [2.75, 3.05) is 11.9 Å². The lowest BCUT2D eigenvalue weighted by Crippen LogP contribution is -2.15. The largest absolute Gasteiger partial charge is 0.384 e. The second kappa shape index (κ2) is 6.64. The zero-order valence-corrected chi connectivity index (χ0v) is 11.4. The topological polar surface area (TPSA) is 62.2 Å². The molecule has 2 aromatic rings. The second-order valence-electron chi connectivity index (χ2n) is 4.28. The van der Waals surface area contributed by atoms with Crippen molar-refractivity contribution in [1.29, 1.82) is 0 Å². The number of anilines is 1. The van der Waals surface area contributed by atoms with E-state index in [-0.39, 0.29) is 12.2 Å². The summed E-state index contributed by atoms with van der Waals surface area (Å²) in [7, 11) is 0. The maximum atomic E-state index is 13.9. The molecule has 5 heteroatoms. The lowest BCUT2D eigenvalue weighted by Gasteiger charge is -2.07. The van der Waals surface area contributed by atoms with Crippen LogP contribution in [0.3, 0.4) is 0 Å². The Labute approximate surface area is 121 Å². The molecule has 0 aliphatic heterocycles. The fourth-order valence-electron chi connectivity index (χ4n) is 1.71. The highest BCUT2D eigenvalue weighted by atomic mass is 19.1. The van der Waals surface area contributed by atoms with E-state index in [1.807, 2.05) is 0 Å². The van der Waals surface area contributed by atoms with Crippen molar-refractivity contribution >= 4 is 11.7 Å². The minimum absolute atomic E-state index is 0.0883. The van der Waals surface area contributed by atoms with Crippen molar-refractivity contribution in [3.63, 3.8) is 0 Å². The number of pyridine rings is 1. The van der Waals surface area contributed by atoms with Crippen LogP contribution < -0.4 is 5.32 Å². The molecular formula is C16H13FN2O2. The number of aliphatic hydroxyl groups excluding tert-OH is 1. The minimum atomic E-state index is -0.675. The van der Waals surface area contributed by atoms with Gasteiger partial charge >= 0.3 is 0 Å². The van der Waals surface area contributed by atoms with E-state index < -0.39 is 11.7 Å². The van der Waals surface area contributed by atoms with Gasteiger partial charge in [0.25, 0.3) is 5.91 Å². The number of rotatable bonds is 2. The van der Waals surface area contributed by atoms with Crippen LogP contribution in [0.2, 0.25) is 0 Å². The first kappa shape index (κ1) is 14.7. The smallest absolute Gasteiger partial charge is 0.259 e. The fourth-order valence-corrected chi connectivity index (χ4v) is 1.71. The Morgan fingerprint density at radius 1 is 1.43 bits per heavy atom. The summed E-state index contributed by atoms with van der Waals surface area (Å²) in [5.74, 6) is 4.14. The van der Waals surface area contributed by atoms with Crippen molar-refractivity contribution in [2.24, 2.45) is 0 Å². The lowest BCUT2D eigenvalue weighted by molar-refractivity contribution is 0.102. The third-order valence-corrected chi connectivity index (χ3v) is 2.77. The third kappa shape index (κ3) is 3.65. The maximum absolute atomic E-state index is 13.9. The third-order valence-electron chi connectivity index (χ3n) is 2.77. The fraction of sp³-hybridized carbons (Fsp3) is 0.125. The molecule has 0 saturated carbocycles. The van der Waals surface area contributed by atoms with Gasteiger partial charge in [-0.25, -0.2) is 9.37 Å². The van der Waals surface area contributed by atoms with Crippen LogP contribution in [-0.2, 0) is 0 Å². The van der Waals surface area contributed by atoms with Gasteiger partial charge in [0.1, 0.15) is 18.2 Å². The predicted octanol–water partition coefficient (Wildman–Crippen LogP) is 2.13. The zero-order valence-electron chi connectivity index (χ0n) is 11.4. The first-order valence-corrected chi connectivity index (χ1v) is 6.24. The number of aryl methyl sites for hydroxylation is 1. The van der Waals surface area contributed by atoms with Crippen molar-refractivity contribution in [3.8, 4) is 11.8 Å². The van der Waals surface area contributed by atoms with E-state index in [4.69, 9.17) is 5.11 Å². The summed E-state index contributed by atoms with van der Waals surface area (Å²) in [5, 5.41) is 11.2.